The van der Waals surface area contributed by atoms with Gasteiger partial charge in [-0.2, -0.15) is 0 Å². The molecule has 164 valence electrons. The Morgan fingerprint density at radius 3 is 1.88 bits per heavy atom. The molecule has 3 rings (SSSR count). The van der Waals surface area contributed by atoms with Gasteiger partial charge in [0.15, 0.2) is 5.78 Å². The number of amides is 1. The lowest BCUT2D eigenvalue weighted by Crippen LogP contribution is -2.32. The highest BCUT2D eigenvalue weighted by Gasteiger charge is 2.34. The number of nitrogens with one attached hydrogen (secondary N) is 1. The van der Waals surface area contributed by atoms with Gasteiger partial charge in [-0.1, -0.05) is 35.3 Å². The number of anilines is 1. The van der Waals surface area contributed by atoms with Crippen molar-refractivity contribution >= 4 is 46.4 Å². The molecule has 6 nitrogen and oxygen atoms in total. The summed E-state index contributed by atoms with van der Waals surface area (Å²) in [5.41, 5.74) is 0.909. The minimum absolute atomic E-state index is 0.220. The molecule has 0 heterocycles. The van der Waals surface area contributed by atoms with E-state index < -0.39 is 23.4 Å². The molecule has 0 saturated carbocycles. The molecule has 1 atom stereocenters. The third kappa shape index (κ3) is 5.28. The van der Waals surface area contributed by atoms with Crippen LogP contribution in [0.5, 0.6) is 11.5 Å². The third-order valence-corrected chi connectivity index (χ3v) is 5.49. The number of methoxy groups -OCH3 is 2. The fourth-order valence-electron chi connectivity index (χ4n) is 3.04. The lowest BCUT2D eigenvalue weighted by atomic mass is 9.86. The number of ether oxygens (including phenoxy) is 2. The topological polar surface area (TPSA) is 81.7 Å². The lowest BCUT2D eigenvalue weighted by molar-refractivity contribution is -0.135. The van der Waals surface area contributed by atoms with Gasteiger partial charge < -0.3 is 14.8 Å². The second-order valence-corrected chi connectivity index (χ2v) is 7.56. The number of rotatable bonds is 8. The fraction of sp³-hybridized carbons (Fsp3) is 0.125. The second kappa shape index (κ2) is 10.3. The fourth-order valence-corrected chi connectivity index (χ4v) is 3.34. The summed E-state index contributed by atoms with van der Waals surface area (Å²) >= 11 is 11.9. The molecule has 0 spiro atoms. The highest BCUT2D eigenvalue weighted by molar-refractivity contribution is 6.47. The van der Waals surface area contributed by atoms with Crippen molar-refractivity contribution in [2.24, 2.45) is 0 Å². The van der Waals surface area contributed by atoms with Crippen molar-refractivity contribution in [2.75, 3.05) is 19.5 Å². The smallest absolute Gasteiger partial charge is 0.292 e. The molecule has 1 N–H and O–H groups in total. The summed E-state index contributed by atoms with van der Waals surface area (Å²) in [6, 6.07) is 17.1. The first-order chi connectivity index (χ1) is 15.3. The van der Waals surface area contributed by atoms with Crippen LogP contribution in [-0.4, -0.2) is 31.7 Å². The normalized spacial score (nSPS) is 11.4. The number of Topliss-reactive ketones (excluding diaryl/α,β-unsaturated/α-hetero) is 2. The number of hydrogen-bond donors (Lipinski definition) is 1. The van der Waals surface area contributed by atoms with Crippen LogP contribution in [0.25, 0.3) is 0 Å². The third-order valence-electron chi connectivity index (χ3n) is 4.75. The van der Waals surface area contributed by atoms with Gasteiger partial charge in [0.1, 0.15) is 17.4 Å². The first-order valence-corrected chi connectivity index (χ1v) is 10.2. The first-order valence-electron chi connectivity index (χ1n) is 9.46. The van der Waals surface area contributed by atoms with E-state index >= 15 is 0 Å². The van der Waals surface area contributed by atoms with Crippen LogP contribution in [0.15, 0.2) is 66.7 Å². The zero-order chi connectivity index (χ0) is 23.3. The molecular weight excluding hydrogens is 453 g/mol. The molecule has 0 aliphatic rings. The summed E-state index contributed by atoms with van der Waals surface area (Å²) < 4.78 is 10.3. The molecule has 1 amide bonds. The average molecular weight is 472 g/mol. The van der Waals surface area contributed by atoms with Crippen LogP contribution in [0.2, 0.25) is 10.0 Å². The Bertz CT molecular complexity index is 1140. The molecule has 0 saturated heterocycles. The highest BCUT2D eigenvalue weighted by Crippen LogP contribution is 2.28. The number of ketones is 2. The molecule has 3 aromatic rings. The molecule has 0 aromatic heterocycles. The van der Waals surface area contributed by atoms with Crippen LogP contribution in [-0.2, 0) is 9.59 Å². The lowest BCUT2D eigenvalue weighted by Gasteiger charge is -2.16. The maximum atomic E-state index is 13.3. The summed E-state index contributed by atoms with van der Waals surface area (Å²) in [6.07, 6.45) is 0. The molecule has 8 heteroatoms. The number of carbonyl (C=O) groups is 3. The van der Waals surface area contributed by atoms with E-state index in [9.17, 15) is 14.4 Å². The largest absolute Gasteiger partial charge is 0.497 e. The van der Waals surface area contributed by atoms with E-state index in [0.717, 1.165) is 0 Å². The number of hydrogen-bond acceptors (Lipinski definition) is 5. The molecule has 0 aliphatic heterocycles. The van der Waals surface area contributed by atoms with Gasteiger partial charge in [0, 0.05) is 11.3 Å². The van der Waals surface area contributed by atoms with E-state index in [2.05, 4.69) is 5.32 Å². The van der Waals surface area contributed by atoms with Crippen molar-refractivity contribution in [3.05, 3.63) is 87.9 Å². The Kier molecular flexibility index (Phi) is 7.51. The summed E-state index contributed by atoms with van der Waals surface area (Å²) in [4.78, 5) is 39.2. The van der Waals surface area contributed by atoms with Gasteiger partial charge in [-0.3, -0.25) is 14.4 Å². The van der Waals surface area contributed by atoms with Crippen LogP contribution >= 0.6 is 23.2 Å². The molecule has 0 fully saturated rings. The molecule has 0 bridgehead atoms. The van der Waals surface area contributed by atoms with Crippen molar-refractivity contribution in [1.82, 2.24) is 0 Å². The molecule has 32 heavy (non-hydrogen) atoms. The SMILES string of the molecule is COc1ccc(C(=O)[C@H](C(=O)C(=O)Nc2ccc(Cl)c(Cl)c2)c2ccc(OC)cc2)cc1. The van der Waals surface area contributed by atoms with Crippen LogP contribution < -0.4 is 14.8 Å². The predicted octanol–water partition coefficient (Wildman–Crippen LogP) is 5.18. The van der Waals surface area contributed by atoms with Crippen LogP contribution in [0, 0.1) is 0 Å². The molecule has 0 radical (unpaired) electrons. The van der Waals surface area contributed by atoms with E-state index in [1.54, 1.807) is 48.5 Å². The number of benzene rings is 3. The monoisotopic (exact) mass is 471 g/mol. The minimum Gasteiger partial charge on any atom is -0.497 e. The van der Waals surface area contributed by atoms with E-state index in [-0.39, 0.29) is 16.3 Å². The van der Waals surface area contributed by atoms with Crippen molar-refractivity contribution in [2.45, 2.75) is 5.92 Å². The van der Waals surface area contributed by atoms with Gasteiger partial charge in [-0.25, -0.2) is 0 Å². The van der Waals surface area contributed by atoms with Gasteiger partial charge in [0.25, 0.3) is 5.91 Å². The minimum atomic E-state index is -1.35. The molecule has 0 aliphatic carbocycles. The Morgan fingerprint density at radius 1 is 0.781 bits per heavy atom. The number of halogens is 2. The van der Waals surface area contributed by atoms with Gasteiger partial charge in [0.2, 0.25) is 5.78 Å². The van der Waals surface area contributed by atoms with Crippen molar-refractivity contribution in [1.29, 1.82) is 0 Å². The Labute approximate surface area is 195 Å². The van der Waals surface area contributed by atoms with Gasteiger partial charge >= 0.3 is 0 Å². The van der Waals surface area contributed by atoms with Crippen LogP contribution in [0.4, 0.5) is 5.69 Å². The summed E-state index contributed by atoms with van der Waals surface area (Å²) in [7, 11) is 3.01. The van der Waals surface area contributed by atoms with Crippen molar-refractivity contribution in [3.8, 4) is 11.5 Å². The first kappa shape index (κ1) is 23.3. The summed E-state index contributed by atoms with van der Waals surface area (Å²) in [6.45, 7) is 0. The van der Waals surface area contributed by atoms with E-state index in [0.29, 0.717) is 22.1 Å². The molecule has 3 aromatic carbocycles. The summed E-state index contributed by atoms with van der Waals surface area (Å²) in [5.74, 6) is -2.62. The van der Waals surface area contributed by atoms with E-state index in [1.807, 2.05) is 0 Å². The second-order valence-electron chi connectivity index (χ2n) is 6.75. The van der Waals surface area contributed by atoms with Crippen LogP contribution in [0.1, 0.15) is 21.8 Å². The van der Waals surface area contributed by atoms with E-state index in [1.165, 1.54) is 32.4 Å². The van der Waals surface area contributed by atoms with Crippen LogP contribution in [0.3, 0.4) is 0 Å². The van der Waals surface area contributed by atoms with Crippen molar-refractivity contribution in [3.63, 3.8) is 0 Å². The van der Waals surface area contributed by atoms with Gasteiger partial charge in [-0.15, -0.1) is 0 Å². The Hall–Kier alpha value is -3.35. The predicted molar refractivity (Wildman–Crippen MR) is 123 cm³/mol. The molecule has 0 unspecified atom stereocenters. The number of carbonyl (C=O) groups excluding carboxylic acids is 3. The standard InChI is InChI=1S/C24H19Cl2NO5/c1-31-17-8-3-14(4-9-17)21(22(28)15-5-10-18(32-2)11-6-15)23(29)24(30)27-16-7-12-19(25)20(26)13-16/h3-13,21H,1-2H3,(H,27,30)/t21-/m1/s1. The van der Waals surface area contributed by atoms with Gasteiger partial charge in [-0.05, 0) is 60.2 Å². The Balaban J connectivity index is 1.94. The highest BCUT2D eigenvalue weighted by atomic mass is 35.5. The van der Waals surface area contributed by atoms with E-state index in [4.69, 9.17) is 32.7 Å². The maximum Gasteiger partial charge on any atom is 0.292 e. The molecular formula is C24H19Cl2NO5. The van der Waals surface area contributed by atoms with Crippen molar-refractivity contribution < 1.29 is 23.9 Å². The average Bonchev–Trinajstić information content (AvgIpc) is 2.82. The zero-order valence-corrected chi connectivity index (χ0v) is 18.7. The quantitative estimate of drug-likeness (QED) is 0.278. The zero-order valence-electron chi connectivity index (χ0n) is 17.2. The maximum absolute atomic E-state index is 13.3. The Morgan fingerprint density at radius 2 is 1.34 bits per heavy atom. The van der Waals surface area contributed by atoms with Gasteiger partial charge in [0.05, 0.1) is 24.3 Å². The summed E-state index contributed by atoms with van der Waals surface area (Å²) in [5, 5.41) is 3.01.